The van der Waals surface area contributed by atoms with Crippen molar-refractivity contribution in [1.82, 2.24) is 4.90 Å². The van der Waals surface area contributed by atoms with Crippen LogP contribution in [-0.2, 0) is 27.2 Å². The minimum Gasteiger partial charge on any atom is -0.484 e. The molecule has 0 aliphatic heterocycles. The van der Waals surface area contributed by atoms with Crippen molar-refractivity contribution in [2.45, 2.75) is 26.2 Å². The first-order valence-corrected chi connectivity index (χ1v) is 9.32. The number of nitrogens with zero attached hydrogens (tertiary/aromatic N) is 1. The second-order valence-electron chi connectivity index (χ2n) is 6.37. The van der Waals surface area contributed by atoms with Crippen LogP contribution in [0.1, 0.15) is 24.5 Å². The van der Waals surface area contributed by atoms with Gasteiger partial charge >= 0.3 is 5.97 Å². The van der Waals surface area contributed by atoms with Crippen LogP contribution in [0.3, 0.4) is 0 Å². The van der Waals surface area contributed by atoms with E-state index in [-0.39, 0.29) is 37.3 Å². The van der Waals surface area contributed by atoms with E-state index in [1.165, 1.54) is 24.8 Å². The van der Waals surface area contributed by atoms with Crippen LogP contribution in [-0.4, -0.2) is 43.6 Å². The van der Waals surface area contributed by atoms with Gasteiger partial charge in [0.25, 0.3) is 5.91 Å². The molecule has 0 aliphatic carbocycles. The smallest absolute Gasteiger partial charge is 0.307 e. The fourth-order valence-corrected chi connectivity index (χ4v) is 2.66. The second kappa shape index (κ2) is 11.1. The highest BCUT2D eigenvalue weighted by Crippen LogP contribution is 2.13. The number of carbonyl (C=O) groups excluding carboxylic acids is 2. The van der Waals surface area contributed by atoms with E-state index in [2.05, 4.69) is 11.7 Å². The van der Waals surface area contributed by atoms with Gasteiger partial charge in [-0.3, -0.25) is 9.59 Å². The Bertz CT molecular complexity index is 759. The number of halogens is 1. The molecular weight excluding hydrogens is 361 g/mol. The van der Waals surface area contributed by atoms with Crippen LogP contribution >= 0.6 is 0 Å². The molecule has 0 bridgehead atoms. The van der Waals surface area contributed by atoms with Gasteiger partial charge in [-0.1, -0.05) is 31.2 Å². The number of esters is 1. The number of amides is 1. The first kappa shape index (κ1) is 21.4. The second-order valence-corrected chi connectivity index (χ2v) is 6.37. The lowest BCUT2D eigenvalue weighted by atomic mass is 10.1. The maximum absolute atomic E-state index is 13.0. The van der Waals surface area contributed by atoms with E-state index in [0.717, 1.165) is 12.0 Å². The van der Waals surface area contributed by atoms with Crippen molar-refractivity contribution in [3.8, 4) is 5.75 Å². The fourth-order valence-electron chi connectivity index (χ4n) is 2.66. The SMILES string of the molecule is CCc1ccc(OCC(=O)N(CCC(=O)OC)CCc2ccc(F)cc2)cc1. The number of hydrogen-bond acceptors (Lipinski definition) is 4. The minimum absolute atomic E-state index is 0.108. The average Bonchev–Trinajstić information content (AvgIpc) is 2.73. The van der Waals surface area contributed by atoms with Crippen molar-refractivity contribution >= 4 is 11.9 Å². The van der Waals surface area contributed by atoms with Gasteiger partial charge in [0.15, 0.2) is 6.61 Å². The molecule has 6 heteroatoms. The van der Waals surface area contributed by atoms with Crippen molar-refractivity contribution in [2.75, 3.05) is 26.8 Å². The van der Waals surface area contributed by atoms with Gasteiger partial charge in [0.05, 0.1) is 13.5 Å². The first-order valence-electron chi connectivity index (χ1n) is 9.32. The molecule has 0 saturated carbocycles. The van der Waals surface area contributed by atoms with E-state index in [0.29, 0.717) is 18.7 Å². The third-order valence-corrected chi connectivity index (χ3v) is 4.44. The lowest BCUT2D eigenvalue weighted by molar-refractivity contribution is -0.142. The summed E-state index contributed by atoms with van der Waals surface area (Å²) >= 11 is 0. The van der Waals surface area contributed by atoms with Crippen molar-refractivity contribution < 1.29 is 23.5 Å². The summed E-state index contributed by atoms with van der Waals surface area (Å²) in [6, 6.07) is 13.7. The van der Waals surface area contributed by atoms with Gasteiger partial charge in [0.1, 0.15) is 11.6 Å². The highest BCUT2D eigenvalue weighted by atomic mass is 19.1. The molecule has 2 aromatic rings. The van der Waals surface area contributed by atoms with Crippen molar-refractivity contribution in [1.29, 1.82) is 0 Å². The summed E-state index contributed by atoms with van der Waals surface area (Å²) in [5.41, 5.74) is 2.10. The standard InChI is InChI=1S/C22H26FNO4/c1-3-17-6-10-20(11-7-17)28-16-21(25)24(15-13-22(26)27-2)14-12-18-4-8-19(23)9-5-18/h4-11H,3,12-16H2,1-2H3. The zero-order chi connectivity index (χ0) is 20.4. The van der Waals surface area contributed by atoms with Gasteiger partial charge < -0.3 is 14.4 Å². The van der Waals surface area contributed by atoms with E-state index >= 15 is 0 Å². The lowest BCUT2D eigenvalue weighted by Crippen LogP contribution is -2.38. The monoisotopic (exact) mass is 387 g/mol. The summed E-state index contributed by atoms with van der Waals surface area (Å²) < 4.78 is 23.3. The number of ether oxygens (including phenoxy) is 2. The van der Waals surface area contributed by atoms with Crippen molar-refractivity contribution in [2.24, 2.45) is 0 Å². The van der Waals surface area contributed by atoms with E-state index in [1.807, 2.05) is 24.3 Å². The molecule has 0 aromatic heterocycles. The summed E-state index contributed by atoms with van der Waals surface area (Å²) in [4.78, 5) is 25.6. The molecular formula is C22H26FNO4. The molecule has 0 N–H and O–H groups in total. The molecule has 0 saturated heterocycles. The summed E-state index contributed by atoms with van der Waals surface area (Å²) in [6.45, 7) is 2.60. The highest BCUT2D eigenvalue weighted by molar-refractivity contribution is 5.78. The van der Waals surface area contributed by atoms with Crippen LogP contribution in [0.15, 0.2) is 48.5 Å². The Morgan fingerprint density at radius 2 is 1.61 bits per heavy atom. The molecule has 1 amide bonds. The Morgan fingerprint density at radius 3 is 2.21 bits per heavy atom. The molecule has 0 atom stereocenters. The molecule has 2 aromatic carbocycles. The van der Waals surface area contributed by atoms with E-state index in [1.54, 1.807) is 17.0 Å². The van der Waals surface area contributed by atoms with Crippen LogP contribution < -0.4 is 4.74 Å². The summed E-state index contributed by atoms with van der Waals surface area (Å²) in [5.74, 6) is -0.275. The number of carbonyl (C=O) groups is 2. The molecule has 28 heavy (non-hydrogen) atoms. The topological polar surface area (TPSA) is 55.8 Å². The van der Waals surface area contributed by atoms with Gasteiger partial charge in [-0.25, -0.2) is 4.39 Å². The summed E-state index contributed by atoms with van der Waals surface area (Å²) in [6.07, 6.45) is 1.60. The lowest BCUT2D eigenvalue weighted by Gasteiger charge is -2.22. The average molecular weight is 387 g/mol. The molecule has 0 spiro atoms. The Balaban J connectivity index is 1.94. The quantitative estimate of drug-likeness (QED) is 0.587. The highest BCUT2D eigenvalue weighted by Gasteiger charge is 2.16. The van der Waals surface area contributed by atoms with Crippen LogP contribution in [0.2, 0.25) is 0 Å². The first-order chi connectivity index (χ1) is 13.5. The number of hydrogen-bond donors (Lipinski definition) is 0. The Kier molecular flexibility index (Phi) is 8.46. The van der Waals surface area contributed by atoms with Crippen LogP contribution in [0.5, 0.6) is 5.75 Å². The van der Waals surface area contributed by atoms with E-state index in [9.17, 15) is 14.0 Å². The van der Waals surface area contributed by atoms with Crippen LogP contribution in [0.25, 0.3) is 0 Å². The number of benzene rings is 2. The van der Waals surface area contributed by atoms with Gasteiger partial charge in [-0.2, -0.15) is 0 Å². The summed E-state index contributed by atoms with van der Waals surface area (Å²) in [7, 11) is 1.32. The van der Waals surface area contributed by atoms with Gasteiger partial charge in [-0.05, 0) is 48.2 Å². The Hall–Kier alpha value is -2.89. The fraction of sp³-hybridized carbons (Fsp3) is 0.364. The zero-order valence-electron chi connectivity index (χ0n) is 16.3. The molecule has 2 rings (SSSR count). The van der Waals surface area contributed by atoms with Gasteiger partial charge in [-0.15, -0.1) is 0 Å². The predicted molar refractivity (Wildman–Crippen MR) is 105 cm³/mol. The number of aryl methyl sites for hydroxylation is 1. The maximum atomic E-state index is 13.0. The van der Waals surface area contributed by atoms with E-state index in [4.69, 9.17) is 4.74 Å². The zero-order valence-corrected chi connectivity index (χ0v) is 16.3. The largest absolute Gasteiger partial charge is 0.484 e. The molecule has 5 nitrogen and oxygen atoms in total. The minimum atomic E-state index is -0.379. The molecule has 0 fully saturated rings. The summed E-state index contributed by atoms with van der Waals surface area (Å²) in [5, 5.41) is 0. The number of rotatable bonds is 10. The van der Waals surface area contributed by atoms with Gasteiger partial charge in [0, 0.05) is 13.1 Å². The Labute approximate surface area is 165 Å². The Morgan fingerprint density at radius 1 is 0.964 bits per heavy atom. The van der Waals surface area contributed by atoms with Gasteiger partial charge in [0.2, 0.25) is 0 Å². The maximum Gasteiger partial charge on any atom is 0.307 e. The molecule has 0 heterocycles. The predicted octanol–water partition coefficient (Wildman–Crippen LogP) is 3.40. The normalized spacial score (nSPS) is 10.4. The molecule has 0 unspecified atom stereocenters. The van der Waals surface area contributed by atoms with Crippen LogP contribution in [0, 0.1) is 5.82 Å². The van der Waals surface area contributed by atoms with Crippen molar-refractivity contribution in [3.63, 3.8) is 0 Å². The third-order valence-electron chi connectivity index (χ3n) is 4.44. The number of methoxy groups -OCH3 is 1. The molecule has 0 aliphatic rings. The third kappa shape index (κ3) is 7.02. The van der Waals surface area contributed by atoms with Crippen molar-refractivity contribution in [3.05, 3.63) is 65.5 Å². The molecule has 0 radical (unpaired) electrons. The molecule has 150 valence electrons. The van der Waals surface area contributed by atoms with Crippen LogP contribution in [0.4, 0.5) is 4.39 Å². The van der Waals surface area contributed by atoms with E-state index < -0.39 is 0 Å².